The lowest BCUT2D eigenvalue weighted by atomic mass is 10.1. The highest BCUT2D eigenvalue weighted by Crippen LogP contribution is 2.15. The lowest BCUT2D eigenvalue weighted by molar-refractivity contribution is 0.0945. The van der Waals surface area contributed by atoms with Gasteiger partial charge in [-0.15, -0.1) is 0 Å². The Labute approximate surface area is 128 Å². The number of nitrogens with one attached hydrogen (secondary N) is 1. The maximum Gasteiger partial charge on any atom is 0.252 e. The molecule has 0 saturated carbocycles. The predicted octanol–water partition coefficient (Wildman–Crippen LogP) is 3.29. The van der Waals surface area contributed by atoms with Crippen LogP contribution in [0.15, 0.2) is 42.5 Å². The van der Waals surface area contributed by atoms with Crippen molar-refractivity contribution >= 4 is 17.5 Å². The third kappa shape index (κ3) is 3.80. The molecule has 106 valence electrons. The summed E-state index contributed by atoms with van der Waals surface area (Å²) in [6.45, 7) is 1.93. The molecule has 2 rings (SSSR count). The minimum Gasteiger partial charge on any atom is -0.332 e. The summed E-state index contributed by atoms with van der Waals surface area (Å²) in [7, 11) is 0. The van der Waals surface area contributed by atoms with E-state index in [1.54, 1.807) is 18.2 Å². The largest absolute Gasteiger partial charge is 0.332 e. The number of nitriles is 1. The second kappa shape index (κ2) is 6.87. The predicted molar refractivity (Wildman–Crippen MR) is 80.9 cm³/mol. The smallest absolute Gasteiger partial charge is 0.252 e. The van der Waals surface area contributed by atoms with Gasteiger partial charge in [0.25, 0.3) is 5.91 Å². The Kier molecular flexibility index (Phi) is 4.91. The third-order valence-electron chi connectivity index (χ3n) is 3.01. The van der Waals surface area contributed by atoms with Crippen LogP contribution < -0.4 is 5.32 Å². The van der Waals surface area contributed by atoms with Gasteiger partial charge in [-0.2, -0.15) is 5.26 Å². The van der Waals surface area contributed by atoms with Crippen LogP contribution in [-0.4, -0.2) is 10.9 Å². The molecule has 4 nitrogen and oxygen atoms in total. The van der Waals surface area contributed by atoms with Crippen LogP contribution in [0.2, 0.25) is 5.15 Å². The minimum atomic E-state index is -0.698. The maximum absolute atomic E-state index is 12.3. The number of carbonyl (C=O) groups is 1. The summed E-state index contributed by atoms with van der Waals surface area (Å²) in [4.78, 5) is 16.4. The monoisotopic (exact) mass is 299 g/mol. The molecule has 5 heteroatoms. The summed E-state index contributed by atoms with van der Waals surface area (Å²) in [6.07, 6.45) is 0.682. The molecule has 0 fully saturated rings. The summed E-state index contributed by atoms with van der Waals surface area (Å²) in [5.74, 6) is -0.343. The normalized spacial score (nSPS) is 11.5. The molecule has 1 heterocycles. The standard InChI is InChI=1S/C16H14ClN3O/c1-2-13-8-12(9-15(17)19-13)16(21)20-14(10-18)11-6-4-3-5-7-11/h3-9,14H,2H2,1H3,(H,20,21). The number of nitrogens with zero attached hydrogens (tertiary/aromatic N) is 2. The second-order valence-corrected chi connectivity index (χ2v) is 4.86. The zero-order chi connectivity index (χ0) is 15.2. The van der Waals surface area contributed by atoms with Gasteiger partial charge in [0.1, 0.15) is 11.2 Å². The van der Waals surface area contributed by atoms with E-state index in [0.717, 1.165) is 11.3 Å². The number of aromatic nitrogens is 1. The van der Waals surface area contributed by atoms with E-state index in [0.29, 0.717) is 12.0 Å². The lowest BCUT2D eigenvalue weighted by Crippen LogP contribution is -2.27. The molecular weight excluding hydrogens is 286 g/mol. The Balaban J connectivity index is 2.21. The summed E-state index contributed by atoms with van der Waals surface area (Å²) in [5, 5.41) is 12.2. The molecule has 0 spiro atoms. The Morgan fingerprint density at radius 3 is 2.71 bits per heavy atom. The van der Waals surface area contributed by atoms with Gasteiger partial charge >= 0.3 is 0 Å². The van der Waals surface area contributed by atoms with E-state index in [2.05, 4.69) is 16.4 Å². The van der Waals surface area contributed by atoms with Gasteiger partial charge < -0.3 is 5.32 Å². The molecular formula is C16H14ClN3O. The van der Waals surface area contributed by atoms with Crippen LogP contribution in [0, 0.1) is 11.3 Å². The average Bonchev–Trinajstić information content (AvgIpc) is 2.52. The van der Waals surface area contributed by atoms with Crippen molar-refractivity contribution in [3.8, 4) is 6.07 Å². The number of amides is 1. The lowest BCUT2D eigenvalue weighted by Gasteiger charge is -2.12. The van der Waals surface area contributed by atoms with Gasteiger partial charge in [-0.05, 0) is 24.1 Å². The van der Waals surface area contributed by atoms with Gasteiger partial charge in [-0.3, -0.25) is 4.79 Å². The highest BCUT2D eigenvalue weighted by atomic mass is 35.5. The first-order valence-electron chi connectivity index (χ1n) is 6.56. The van der Waals surface area contributed by atoms with Crippen LogP contribution in [0.25, 0.3) is 0 Å². The zero-order valence-electron chi connectivity index (χ0n) is 11.5. The van der Waals surface area contributed by atoms with Crippen molar-refractivity contribution in [2.24, 2.45) is 0 Å². The Bertz CT molecular complexity index is 680. The molecule has 0 saturated heterocycles. The molecule has 1 unspecified atom stereocenters. The van der Waals surface area contributed by atoms with E-state index in [1.165, 1.54) is 6.07 Å². The number of aryl methyl sites for hydroxylation is 1. The first-order chi connectivity index (χ1) is 10.1. The first-order valence-corrected chi connectivity index (χ1v) is 6.93. The third-order valence-corrected chi connectivity index (χ3v) is 3.20. The van der Waals surface area contributed by atoms with E-state index < -0.39 is 6.04 Å². The van der Waals surface area contributed by atoms with Crippen LogP contribution in [0.1, 0.15) is 34.6 Å². The first kappa shape index (κ1) is 15.0. The quantitative estimate of drug-likeness (QED) is 0.881. The molecule has 1 N–H and O–H groups in total. The fourth-order valence-corrected chi connectivity index (χ4v) is 2.14. The fourth-order valence-electron chi connectivity index (χ4n) is 1.91. The molecule has 0 radical (unpaired) electrons. The van der Waals surface area contributed by atoms with Gasteiger partial charge in [0, 0.05) is 11.3 Å². The minimum absolute atomic E-state index is 0.271. The van der Waals surface area contributed by atoms with Crippen LogP contribution >= 0.6 is 11.6 Å². The van der Waals surface area contributed by atoms with Crippen molar-refractivity contribution in [2.75, 3.05) is 0 Å². The Hall–Kier alpha value is -2.38. The molecule has 1 aromatic carbocycles. The SMILES string of the molecule is CCc1cc(C(=O)NC(C#N)c2ccccc2)cc(Cl)n1. The van der Waals surface area contributed by atoms with Gasteiger partial charge in [0.05, 0.1) is 6.07 Å². The molecule has 0 bridgehead atoms. The summed E-state index contributed by atoms with van der Waals surface area (Å²) in [5.41, 5.74) is 1.88. The van der Waals surface area contributed by atoms with Crippen LogP contribution in [0.3, 0.4) is 0 Å². The highest BCUT2D eigenvalue weighted by Gasteiger charge is 2.16. The maximum atomic E-state index is 12.3. The van der Waals surface area contributed by atoms with Gasteiger partial charge in [0.15, 0.2) is 0 Å². The Morgan fingerprint density at radius 2 is 2.10 bits per heavy atom. The molecule has 1 amide bonds. The zero-order valence-corrected chi connectivity index (χ0v) is 12.3. The number of halogens is 1. The number of hydrogen-bond acceptors (Lipinski definition) is 3. The molecule has 0 aliphatic carbocycles. The average molecular weight is 300 g/mol. The van der Waals surface area contributed by atoms with Gasteiger partial charge in [-0.25, -0.2) is 4.98 Å². The topological polar surface area (TPSA) is 65.8 Å². The van der Waals surface area contributed by atoms with E-state index in [9.17, 15) is 10.1 Å². The molecule has 2 aromatic rings. The highest BCUT2D eigenvalue weighted by molar-refractivity contribution is 6.29. The number of benzene rings is 1. The molecule has 0 aliphatic rings. The van der Waals surface area contributed by atoms with E-state index in [1.807, 2.05) is 25.1 Å². The van der Waals surface area contributed by atoms with E-state index in [-0.39, 0.29) is 11.1 Å². The molecule has 1 atom stereocenters. The van der Waals surface area contributed by atoms with E-state index in [4.69, 9.17) is 11.6 Å². The fraction of sp³-hybridized carbons (Fsp3) is 0.188. The summed E-state index contributed by atoms with van der Waals surface area (Å²) >= 11 is 5.90. The van der Waals surface area contributed by atoms with Crippen LogP contribution in [0.5, 0.6) is 0 Å². The molecule has 0 aliphatic heterocycles. The van der Waals surface area contributed by atoms with Crippen LogP contribution in [0.4, 0.5) is 0 Å². The van der Waals surface area contributed by atoms with Crippen molar-refractivity contribution in [2.45, 2.75) is 19.4 Å². The van der Waals surface area contributed by atoms with Crippen molar-refractivity contribution in [3.63, 3.8) is 0 Å². The Morgan fingerprint density at radius 1 is 1.38 bits per heavy atom. The van der Waals surface area contributed by atoms with Crippen molar-refractivity contribution in [1.29, 1.82) is 5.26 Å². The van der Waals surface area contributed by atoms with Crippen molar-refractivity contribution in [1.82, 2.24) is 10.3 Å². The van der Waals surface area contributed by atoms with Crippen molar-refractivity contribution in [3.05, 3.63) is 64.4 Å². The van der Waals surface area contributed by atoms with Gasteiger partial charge in [0.2, 0.25) is 0 Å². The number of carbonyl (C=O) groups excluding carboxylic acids is 1. The number of hydrogen-bond donors (Lipinski definition) is 1. The van der Waals surface area contributed by atoms with Gasteiger partial charge in [-0.1, -0.05) is 48.9 Å². The summed E-state index contributed by atoms with van der Waals surface area (Å²) < 4.78 is 0. The number of pyridine rings is 1. The molecule has 1 aromatic heterocycles. The van der Waals surface area contributed by atoms with Crippen molar-refractivity contribution < 1.29 is 4.79 Å². The van der Waals surface area contributed by atoms with Crippen LogP contribution in [-0.2, 0) is 6.42 Å². The number of rotatable bonds is 4. The second-order valence-electron chi connectivity index (χ2n) is 4.47. The van der Waals surface area contributed by atoms with E-state index >= 15 is 0 Å². The summed E-state index contributed by atoms with van der Waals surface area (Å²) in [6, 6.07) is 13.7. The molecule has 21 heavy (non-hydrogen) atoms.